The second-order valence-electron chi connectivity index (χ2n) is 4.35. The fourth-order valence-electron chi connectivity index (χ4n) is 1.72. The molecule has 0 saturated carbocycles. The average molecular weight is 343 g/mol. The number of rotatable bonds is 5. The van der Waals surface area contributed by atoms with Crippen LogP contribution in [0.2, 0.25) is 5.02 Å². The summed E-state index contributed by atoms with van der Waals surface area (Å²) in [4.78, 5) is 39.8. The minimum absolute atomic E-state index is 0.0256. The number of nitrogens with one attached hydrogen (secondary N) is 1. The molecule has 22 heavy (non-hydrogen) atoms. The van der Waals surface area contributed by atoms with Crippen LogP contribution >= 0.6 is 19.5 Å². The molecule has 8 heteroatoms. The fraction of sp³-hybridized carbons (Fsp3) is 0.0714. The van der Waals surface area contributed by atoms with E-state index in [-0.39, 0.29) is 17.7 Å². The van der Waals surface area contributed by atoms with Crippen LogP contribution in [0.1, 0.15) is 0 Å². The quantitative estimate of drug-likeness (QED) is 0.620. The Morgan fingerprint density at radius 2 is 1.73 bits per heavy atom. The predicted molar refractivity (Wildman–Crippen MR) is 85.2 cm³/mol. The van der Waals surface area contributed by atoms with Crippen LogP contribution in [-0.4, -0.2) is 27.2 Å². The number of halogens is 1. The molecule has 2 rings (SSSR count). The minimum atomic E-state index is -4.22. The number of ether oxygens (including phenoxy) is 1. The van der Waals surface area contributed by atoms with Crippen LogP contribution in [0.5, 0.6) is 5.75 Å². The summed E-state index contributed by atoms with van der Waals surface area (Å²) in [5.74, 6) is -0.446. The van der Waals surface area contributed by atoms with Gasteiger partial charge in [0.25, 0.3) is 5.91 Å². The lowest BCUT2D eigenvalue weighted by molar-refractivity contribution is -0.118. The van der Waals surface area contributed by atoms with Crippen LogP contribution in [0.15, 0.2) is 48.5 Å². The third-order valence-corrected chi connectivity index (χ3v) is 4.04. The molecule has 0 atom stereocenters. The number of benzene rings is 2. The van der Waals surface area contributed by atoms with E-state index < -0.39 is 13.9 Å². The van der Waals surface area contributed by atoms with Crippen molar-refractivity contribution in [2.24, 2.45) is 0 Å². The molecule has 2 aromatic rings. The standard InChI is InChI=1S/C14H13ClNO5P/c15-10-5-1-2-6-11(10)16-14(17)9-21-12-7-3-4-8-13(12)22(18,19)20/h1-8,18-20H,9H2/p+1. The van der Waals surface area contributed by atoms with Gasteiger partial charge in [0.2, 0.25) is 5.30 Å². The minimum Gasteiger partial charge on any atom is -0.479 e. The second kappa shape index (κ2) is 7.05. The van der Waals surface area contributed by atoms with Crippen molar-refractivity contribution in [1.29, 1.82) is 0 Å². The van der Waals surface area contributed by atoms with Crippen LogP contribution in [-0.2, 0) is 4.79 Å². The molecule has 0 aliphatic rings. The van der Waals surface area contributed by atoms with Crippen molar-refractivity contribution >= 4 is 36.4 Å². The van der Waals surface area contributed by atoms with Gasteiger partial charge in [-0.25, -0.2) is 0 Å². The van der Waals surface area contributed by atoms with Gasteiger partial charge in [-0.2, -0.15) is 14.7 Å². The van der Waals surface area contributed by atoms with Gasteiger partial charge in [0.15, 0.2) is 12.4 Å². The molecule has 1 amide bonds. The highest BCUT2D eigenvalue weighted by Crippen LogP contribution is 2.45. The molecule has 6 nitrogen and oxygen atoms in total. The Kier molecular flexibility index (Phi) is 5.34. The summed E-state index contributed by atoms with van der Waals surface area (Å²) in [6.07, 6.45) is 0. The number of anilines is 1. The third kappa shape index (κ3) is 4.40. The van der Waals surface area contributed by atoms with Crippen molar-refractivity contribution in [2.45, 2.75) is 0 Å². The number of amides is 1. The van der Waals surface area contributed by atoms with E-state index in [1.165, 1.54) is 18.2 Å². The second-order valence-corrected chi connectivity index (χ2v) is 6.38. The highest BCUT2D eigenvalue weighted by atomic mass is 35.5. The molecule has 0 bridgehead atoms. The zero-order valence-electron chi connectivity index (χ0n) is 11.3. The van der Waals surface area contributed by atoms with Crippen molar-refractivity contribution in [1.82, 2.24) is 0 Å². The summed E-state index contributed by atoms with van der Waals surface area (Å²) in [6, 6.07) is 12.6. The highest BCUT2D eigenvalue weighted by molar-refractivity contribution is 7.67. The average Bonchev–Trinajstić information content (AvgIpc) is 2.47. The smallest absolute Gasteiger partial charge is 0.444 e. The van der Waals surface area contributed by atoms with Gasteiger partial charge >= 0.3 is 7.94 Å². The molecule has 0 aliphatic carbocycles. The maximum absolute atomic E-state index is 11.8. The Bertz CT molecular complexity index is 674. The maximum Gasteiger partial charge on any atom is 0.444 e. The molecular formula is C14H14ClNO5P+. The van der Waals surface area contributed by atoms with E-state index in [0.29, 0.717) is 10.7 Å². The first kappa shape index (κ1) is 16.7. The summed E-state index contributed by atoms with van der Waals surface area (Å²) >= 11 is 5.92. The lowest BCUT2D eigenvalue weighted by Crippen LogP contribution is -2.23. The van der Waals surface area contributed by atoms with E-state index in [0.717, 1.165) is 0 Å². The van der Waals surface area contributed by atoms with Gasteiger partial charge in [0.05, 0.1) is 10.7 Å². The SMILES string of the molecule is O=C(COc1ccccc1[P+](O)(O)O)Nc1ccccc1Cl. The van der Waals surface area contributed by atoms with Crippen LogP contribution < -0.4 is 15.4 Å². The van der Waals surface area contributed by atoms with Crippen LogP contribution in [0.25, 0.3) is 0 Å². The van der Waals surface area contributed by atoms with E-state index in [1.54, 1.807) is 30.3 Å². The molecule has 0 saturated heterocycles. The van der Waals surface area contributed by atoms with Crippen molar-refractivity contribution in [3.05, 3.63) is 53.6 Å². The Hall–Kier alpha value is -1.69. The Labute approximate surface area is 132 Å². The Balaban J connectivity index is 2.02. The Morgan fingerprint density at radius 3 is 2.41 bits per heavy atom. The topological polar surface area (TPSA) is 99.0 Å². The zero-order valence-corrected chi connectivity index (χ0v) is 13.0. The van der Waals surface area contributed by atoms with Gasteiger partial charge in [-0.15, -0.1) is 0 Å². The highest BCUT2D eigenvalue weighted by Gasteiger charge is 2.37. The summed E-state index contributed by atoms with van der Waals surface area (Å²) in [6.45, 7) is -0.373. The molecule has 0 aromatic heterocycles. The fourth-order valence-corrected chi connectivity index (χ4v) is 2.62. The normalized spacial score (nSPS) is 11.1. The summed E-state index contributed by atoms with van der Waals surface area (Å²) < 4.78 is 5.23. The first-order valence-corrected chi connectivity index (χ1v) is 8.24. The van der Waals surface area contributed by atoms with Gasteiger partial charge in [-0.05, 0) is 24.3 Å². The van der Waals surface area contributed by atoms with E-state index in [9.17, 15) is 19.5 Å². The number of carbonyl (C=O) groups excluding carboxylic acids is 1. The molecular weight excluding hydrogens is 329 g/mol. The number of carbonyl (C=O) groups is 1. The summed E-state index contributed by atoms with van der Waals surface area (Å²) in [5.41, 5.74) is 0.444. The Morgan fingerprint density at radius 1 is 1.09 bits per heavy atom. The number of para-hydroxylation sites is 2. The van der Waals surface area contributed by atoms with Crippen LogP contribution in [0, 0.1) is 0 Å². The van der Waals surface area contributed by atoms with Crippen molar-refractivity contribution in [2.75, 3.05) is 11.9 Å². The van der Waals surface area contributed by atoms with Crippen molar-refractivity contribution < 1.29 is 24.2 Å². The van der Waals surface area contributed by atoms with Crippen LogP contribution in [0.4, 0.5) is 5.69 Å². The monoisotopic (exact) mass is 342 g/mol. The van der Waals surface area contributed by atoms with Crippen molar-refractivity contribution in [3.8, 4) is 5.75 Å². The van der Waals surface area contributed by atoms with E-state index >= 15 is 0 Å². The number of hydrogen-bond donors (Lipinski definition) is 4. The largest absolute Gasteiger partial charge is 0.479 e. The molecule has 0 radical (unpaired) electrons. The van der Waals surface area contributed by atoms with E-state index in [4.69, 9.17) is 16.3 Å². The lowest BCUT2D eigenvalue weighted by Gasteiger charge is -2.11. The van der Waals surface area contributed by atoms with Crippen molar-refractivity contribution in [3.63, 3.8) is 0 Å². The lowest BCUT2D eigenvalue weighted by atomic mass is 10.3. The molecule has 2 aromatic carbocycles. The molecule has 0 fully saturated rings. The van der Waals surface area contributed by atoms with Gasteiger partial charge < -0.3 is 10.1 Å². The van der Waals surface area contributed by atoms with Gasteiger partial charge in [-0.3, -0.25) is 4.79 Å². The molecule has 0 heterocycles. The van der Waals surface area contributed by atoms with Crippen LogP contribution in [0.3, 0.4) is 0 Å². The molecule has 0 unspecified atom stereocenters. The van der Waals surface area contributed by atoms with E-state index in [2.05, 4.69) is 5.32 Å². The maximum atomic E-state index is 11.8. The van der Waals surface area contributed by atoms with E-state index in [1.807, 2.05) is 0 Å². The van der Waals surface area contributed by atoms with Gasteiger partial charge in [0, 0.05) is 0 Å². The molecule has 116 valence electrons. The van der Waals surface area contributed by atoms with Gasteiger partial charge in [0.1, 0.15) is 0 Å². The predicted octanol–water partition coefficient (Wildman–Crippen LogP) is 1.72. The third-order valence-electron chi connectivity index (χ3n) is 2.70. The molecule has 0 spiro atoms. The first-order chi connectivity index (χ1) is 10.4. The zero-order chi connectivity index (χ0) is 16.2. The molecule has 0 aliphatic heterocycles. The summed E-state index contributed by atoms with van der Waals surface area (Å²) in [7, 11) is -4.22. The molecule has 4 N–H and O–H groups in total. The first-order valence-electron chi connectivity index (χ1n) is 6.22. The number of hydrogen-bond acceptors (Lipinski definition) is 5. The van der Waals surface area contributed by atoms with Gasteiger partial charge in [-0.1, -0.05) is 35.9 Å². The summed E-state index contributed by atoms with van der Waals surface area (Å²) in [5, 5.41) is 2.80.